The molecule has 0 aromatic carbocycles. The molecule has 1 atom stereocenters. The molecule has 1 N–H and O–H groups in total. The number of rotatable bonds is 5. The van der Waals surface area contributed by atoms with Crippen molar-refractivity contribution in [1.82, 2.24) is 10.3 Å². The molecule has 1 aromatic heterocycles. The van der Waals surface area contributed by atoms with Gasteiger partial charge in [-0.3, -0.25) is 0 Å². The quantitative estimate of drug-likeness (QED) is 0.864. The largest absolute Gasteiger partial charge is 0.449 e. The van der Waals surface area contributed by atoms with Crippen molar-refractivity contribution in [2.45, 2.75) is 37.4 Å². The summed E-state index contributed by atoms with van der Waals surface area (Å²) in [5.41, 5.74) is 0.882. The highest BCUT2D eigenvalue weighted by Gasteiger charge is 2.30. The number of sulfone groups is 1. The van der Waals surface area contributed by atoms with E-state index in [1.54, 1.807) is 6.26 Å². The van der Waals surface area contributed by atoms with Gasteiger partial charge in [0.05, 0.1) is 16.7 Å². The fourth-order valence-electron chi connectivity index (χ4n) is 2.26. The van der Waals surface area contributed by atoms with Crippen LogP contribution in [0.25, 0.3) is 0 Å². The van der Waals surface area contributed by atoms with E-state index in [-0.39, 0.29) is 5.25 Å². The average molecular weight is 272 g/mol. The second kappa shape index (κ2) is 5.84. The second-order valence-corrected chi connectivity index (χ2v) is 7.18. The molecule has 1 saturated heterocycles. The fraction of sp³-hybridized carbons (Fsp3) is 0.750. The molecule has 0 spiro atoms. The van der Waals surface area contributed by atoms with Crippen LogP contribution in [0.2, 0.25) is 0 Å². The van der Waals surface area contributed by atoms with Gasteiger partial charge in [-0.2, -0.15) is 0 Å². The molecule has 0 aliphatic carbocycles. The van der Waals surface area contributed by atoms with Crippen molar-refractivity contribution in [3.05, 3.63) is 17.8 Å². The van der Waals surface area contributed by atoms with Gasteiger partial charge in [-0.25, -0.2) is 13.4 Å². The summed E-state index contributed by atoms with van der Waals surface area (Å²) in [6.45, 7) is 0.841. The van der Waals surface area contributed by atoms with Gasteiger partial charge in [-0.15, -0.1) is 0 Å². The van der Waals surface area contributed by atoms with Crippen molar-refractivity contribution in [2.75, 3.05) is 19.3 Å². The summed E-state index contributed by atoms with van der Waals surface area (Å²) in [7, 11) is -1.06. The molecule has 6 heteroatoms. The van der Waals surface area contributed by atoms with E-state index in [9.17, 15) is 8.42 Å². The lowest BCUT2D eigenvalue weighted by Gasteiger charge is -2.20. The summed E-state index contributed by atoms with van der Waals surface area (Å²) in [4.78, 5) is 4.34. The molecule has 2 heterocycles. The first kappa shape index (κ1) is 13.5. The molecule has 0 radical (unpaired) electrons. The Balaban J connectivity index is 1.98. The molecule has 0 bridgehead atoms. The maximum Gasteiger partial charge on any atom is 0.195 e. The van der Waals surface area contributed by atoms with E-state index >= 15 is 0 Å². The lowest BCUT2D eigenvalue weighted by atomic mass is 10.1. The third-order valence-corrected chi connectivity index (χ3v) is 5.62. The highest BCUT2D eigenvalue weighted by molar-refractivity contribution is 7.92. The average Bonchev–Trinajstić information content (AvgIpc) is 2.77. The van der Waals surface area contributed by atoms with Gasteiger partial charge in [0.25, 0.3) is 0 Å². The summed E-state index contributed by atoms with van der Waals surface area (Å²) in [6.07, 6.45) is 5.35. The third kappa shape index (κ3) is 3.32. The van der Waals surface area contributed by atoms with Crippen LogP contribution in [0, 0.1) is 0 Å². The first-order chi connectivity index (χ1) is 8.62. The van der Waals surface area contributed by atoms with E-state index < -0.39 is 9.84 Å². The Hall–Kier alpha value is -0.880. The monoisotopic (exact) mass is 272 g/mol. The van der Waals surface area contributed by atoms with Gasteiger partial charge in [0.15, 0.2) is 15.7 Å². The zero-order valence-corrected chi connectivity index (χ0v) is 11.5. The minimum Gasteiger partial charge on any atom is -0.449 e. The maximum atomic E-state index is 11.9. The fourth-order valence-corrected chi connectivity index (χ4v) is 4.12. The van der Waals surface area contributed by atoms with Gasteiger partial charge in [-0.1, -0.05) is 6.42 Å². The van der Waals surface area contributed by atoms with E-state index in [1.807, 2.05) is 7.05 Å². The highest BCUT2D eigenvalue weighted by Crippen LogP contribution is 2.22. The SMILES string of the molecule is CNCCc1coc(CC2CCCCS2(=O)=O)n1. The molecule has 102 valence electrons. The van der Waals surface area contributed by atoms with Gasteiger partial charge in [0.1, 0.15) is 6.26 Å². The number of hydrogen-bond donors (Lipinski definition) is 1. The van der Waals surface area contributed by atoms with Crippen molar-refractivity contribution in [3.63, 3.8) is 0 Å². The summed E-state index contributed by atoms with van der Waals surface area (Å²) in [6, 6.07) is 0. The Labute approximate surface area is 108 Å². The zero-order valence-electron chi connectivity index (χ0n) is 10.7. The van der Waals surface area contributed by atoms with Crippen LogP contribution in [-0.4, -0.2) is 38.0 Å². The van der Waals surface area contributed by atoms with Crippen LogP contribution < -0.4 is 5.32 Å². The predicted octanol–water partition coefficient (Wildman–Crippen LogP) is 0.946. The highest BCUT2D eigenvalue weighted by atomic mass is 32.2. The number of nitrogens with zero attached hydrogens (tertiary/aromatic N) is 1. The van der Waals surface area contributed by atoms with Gasteiger partial charge in [-0.05, 0) is 19.9 Å². The molecular weight excluding hydrogens is 252 g/mol. The molecule has 1 aliphatic heterocycles. The maximum absolute atomic E-state index is 11.9. The number of likely N-dealkylation sites (N-methyl/N-ethyl adjacent to an activating group) is 1. The molecular formula is C12H20N2O3S. The first-order valence-corrected chi connectivity index (χ1v) is 8.13. The Morgan fingerprint density at radius 2 is 2.33 bits per heavy atom. The lowest BCUT2D eigenvalue weighted by Crippen LogP contribution is -2.30. The number of hydrogen-bond acceptors (Lipinski definition) is 5. The summed E-state index contributed by atoms with van der Waals surface area (Å²) >= 11 is 0. The molecule has 1 aromatic rings. The number of aromatic nitrogens is 1. The molecule has 1 fully saturated rings. The van der Waals surface area contributed by atoms with Crippen molar-refractivity contribution >= 4 is 9.84 Å². The standard InChI is InChI=1S/C12H20N2O3S/c1-13-6-5-10-9-17-12(14-10)8-11-4-2-3-7-18(11,15)16/h9,11,13H,2-8H2,1H3. The van der Waals surface area contributed by atoms with Crippen molar-refractivity contribution < 1.29 is 12.8 Å². The lowest BCUT2D eigenvalue weighted by molar-refractivity contribution is 0.466. The van der Waals surface area contributed by atoms with Crippen LogP contribution in [-0.2, 0) is 22.7 Å². The van der Waals surface area contributed by atoms with E-state index in [1.165, 1.54) is 0 Å². The first-order valence-electron chi connectivity index (χ1n) is 6.41. The molecule has 0 amide bonds. The molecule has 1 aliphatic rings. The van der Waals surface area contributed by atoms with E-state index in [4.69, 9.17) is 4.42 Å². The predicted molar refractivity (Wildman–Crippen MR) is 69.3 cm³/mol. The van der Waals surface area contributed by atoms with Gasteiger partial charge in [0, 0.05) is 19.4 Å². The van der Waals surface area contributed by atoms with Crippen LogP contribution in [0.1, 0.15) is 30.8 Å². The topological polar surface area (TPSA) is 72.2 Å². The Morgan fingerprint density at radius 3 is 3.06 bits per heavy atom. The van der Waals surface area contributed by atoms with E-state index in [2.05, 4.69) is 10.3 Å². The van der Waals surface area contributed by atoms with Gasteiger partial charge >= 0.3 is 0 Å². The van der Waals surface area contributed by atoms with Crippen LogP contribution in [0.4, 0.5) is 0 Å². The van der Waals surface area contributed by atoms with Crippen molar-refractivity contribution in [3.8, 4) is 0 Å². The minimum atomic E-state index is -2.94. The molecule has 1 unspecified atom stereocenters. The number of nitrogens with one attached hydrogen (secondary N) is 1. The van der Waals surface area contributed by atoms with Crippen LogP contribution in [0.15, 0.2) is 10.7 Å². The van der Waals surface area contributed by atoms with Crippen molar-refractivity contribution in [1.29, 1.82) is 0 Å². The van der Waals surface area contributed by atoms with Crippen LogP contribution >= 0.6 is 0 Å². The molecule has 5 nitrogen and oxygen atoms in total. The van der Waals surface area contributed by atoms with Crippen LogP contribution in [0.5, 0.6) is 0 Å². The third-order valence-electron chi connectivity index (χ3n) is 3.35. The van der Waals surface area contributed by atoms with Crippen molar-refractivity contribution in [2.24, 2.45) is 0 Å². The Kier molecular flexibility index (Phi) is 4.40. The Bertz CT molecular complexity index is 481. The zero-order chi connectivity index (χ0) is 13.0. The summed E-state index contributed by atoms with van der Waals surface area (Å²) < 4.78 is 29.1. The van der Waals surface area contributed by atoms with E-state index in [0.717, 1.165) is 37.9 Å². The number of oxazole rings is 1. The van der Waals surface area contributed by atoms with Gasteiger partial charge < -0.3 is 9.73 Å². The molecule has 0 saturated carbocycles. The second-order valence-electron chi connectivity index (χ2n) is 4.78. The summed E-state index contributed by atoms with van der Waals surface area (Å²) in [5.74, 6) is 0.863. The van der Waals surface area contributed by atoms with Gasteiger partial charge in [0.2, 0.25) is 0 Å². The normalized spacial score (nSPS) is 23.1. The molecule has 18 heavy (non-hydrogen) atoms. The smallest absolute Gasteiger partial charge is 0.195 e. The van der Waals surface area contributed by atoms with Crippen LogP contribution in [0.3, 0.4) is 0 Å². The Morgan fingerprint density at radius 1 is 1.50 bits per heavy atom. The summed E-state index contributed by atoms with van der Waals surface area (Å²) in [5, 5.41) is 2.74. The minimum absolute atomic E-state index is 0.304. The molecule has 2 rings (SSSR count). The van der Waals surface area contributed by atoms with E-state index in [0.29, 0.717) is 18.1 Å².